The minimum atomic E-state index is -1.43. The van der Waals surface area contributed by atoms with Crippen molar-refractivity contribution in [2.45, 2.75) is 25.4 Å². The molecule has 0 aromatic carbocycles. The monoisotopic (exact) mass is 407 g/mol. The maximum atomic E-state index is 12.0. The van der Waals surface area contributed by atoms with Gasteiger partial charge >= 0.3 is 17.9 Å². The molecule has 0 aromatic heterocycles. The van der Waals surface area contributed by atoms with E-state index in [1.807, 2.05) is 5.32 Å². The number of carboxylic acid groups (broad SMARTS) is 2. The fourth-order valence-corrected chi connectivity index (χ4v) is 2.28. The molecule has 12 nitrogen and oxygen atoms in total. The molecule has 0 saturated heterocycles. The first-order valence-corrected chi connectivity index (χ1v) is 8.58. The smallest absolute Gasteiger partial charge is 0.373 e. The van der Waals surface area contributed by atoms with Gasteiger partial charge in [0.05, 0.1) is 19.1 Å². The Morgan fingerprint density at radius 1 is 1.11 bits per heavy atom. The maximum absolute atomic E-state index is 12.0. The van der Waals surface area contributed by atoms with Crippen molar-refractivity contribution in [2.24, 2.45) is 5.73 Å². The number of aliphatic hydroxyl groups excluding tert-OH is 1. The number of rotatable bonds is 12. The van der Waals surface area contributed by atoms with Crippen molar-refractivity contribution < 1.29 is 44.0 Å². The quantitative estimate of drug-likeness (QED) is 0.120. The van der Waals surface area contributed by atoms with Gasteiger partial charge < -0.3 is 36.4 Å². The zero-order valence-corrected chi connectivity index (χ0v) is 15.2. The van der Waals surface area contributed by atoms with Crippen molar-refractivity contribution in [1.82, 2.24) is 10.6 Å². The standard InChI is InChI=1S/C14H21N3O9S/c1-2-26-14(25)9(18)6-27-5-8(13(24)16-4-11(21)22)17-12(23)7(15)3-10(19)20/h6-8,18H,2-5,15H2,1H3,(H,16,24)(H,17,23)(H,19,20)(H,21,22)/b9-6-. The zero-order valence-electron chi connectivity index (χ0n) is 14.3. The van der Waals surface area contributed by atoms with Crippen LogP contribution in [0.5, 0.6) is 0 Å². The van der Waals surface area contributed by atoms with Gasteiger partial charge in [-0.1, -0.05) is 0 Å². The van der Waals surface area contributed by atoms with Crippen LogP contribution in [0.25, 0.3) is 0 Å². The second kappa shape index (κ2) is 12.5. The van der Waals surface area contributed by atoms with Crippen LogP contribution in [0.15, 0.2) is 11.2 Å². The zero-order chi connectivity index (χ0) is 21.0. The van der Waals surface area contributed by atoms with E-state index in [1.165, 1.54) is 6.92 Å². The SMILES string of the molecule is CCOC(=O)/C(O)=C/SCC(NC(=O)C(N)CC(=O)O)C(=O)NCC(=O)O. The van der Waals surface area contributed by atoms with Gasteiger partial charge in [0.1, 0.15) is 12.6 Å². The van der Waals surface area contributed by atoms with Crippen LogP contribution in [0.4, 0.5) is 0 Å². The molecule has 13 heteroatoms. The molecular weight excluding hydrogens is 386 g/mol. The van der Waals surface area contributed by atoms with Crippen molar-refractivity contribution in [1.29, 1.82) is 0 Å². The number of thioether (sulfide) groups is 1. The van der Waals surface area contributed by atoms with Crippen LogP contribution in [0, 0.1) is 0 Å². The predicted octanol–water partition coefficient (Wildman–Crippen LogP) is -1.83. The second-order valence-corrected chi connectivity index (χ2v) is 5.84. The number of carbonyl (C=O) groups is 5. The van der Waals surface area contributed by atoms with Crippen LogP contribution < -0.4 is 16.4 Å². The van der Waals surface area contributed by atoms with E-state index < -0.39 is 60.5 Å². The summed E-state index contributed by atoms with van der Waals surface area (Å²) in [4.78, 5) is 56.3. The van der Waals surface area contributed by atoms with E-state index in [0.717, 1.165) is 17.2 Å². The lowest BCUT2D eigenvalue weighted by Gasteiger charge is -2.19. The number of carbonyl (C=O) groups excluding carboxylic acids is 3. The van der Waals surface area contributed by atoms with Gasteiger partial charge in [-0.15, -0.1) is 11.8 Å². The number of aliphatic carboxylic acids is 2. The van der Waals surface area contributed by atoms with Crippen molar-refractivity contribution >= 4 is 41.5 Å². The Morgan fingerprint density at radius 3 is 2.26 bits per heavy atom. The molecule has 7 N–H and O–H groups in total. The van der Waals surface area contributed by atoms with Gasteiger partial charge in [-0.2, -0.15) is 0 Å². The number of aliphatic hydroxyl groups is 1. The molecule has 2 atom stereocenters. The number of hydrogen-bond acceptors (Lipinski definition) is 9. The highest BCUT2D eigenvalue weighted by atomic mass is 32.2. The molecule has 27 heavy (non-hydrogen) atoms. The summed E-state index contributed by atoms with van der Waals surface area (Å²) in [6.45, 7) is 0.872. The summed E-state index contributed by atoms with van der Waals surface area (Å²) in [7, 11) is 0. The highest BCUT2D eigenvalue weighted by Gasteiger charge is 2.25. The third kappa shape index (κ3) is 10.7. The molecule has 152 valence electrons. The van der Waals surface area contributed by atoms with Crippen LogP contribution in [0.1, 0.15) is 13.3 Å². The summed E-state index contributed by atoms with van der Waals surface area (Å²) >= 11 is 0.761. The first kappa shape index (κ1) is 24.2. The molecular formula is C14H21N3O9S. The molecule has 0 aromatic rings. The van der Waals surface area contributed by atoms with Crippen molar-refractivity contribution in [3.63, 3.8) is 0 Å². The van der Waals surface area contributed by atoms with E-state index in [9.17, 15) is 29.1 Å². The molecule has 0 aliphatic heterocycles. The normalized spacial score (nSPS) is 13.2. The Morgan fingerprint density at radius 2 is 1.74 bits per heavy atom. The lowest BCUT2D eigenvalue weighted by atomic mass is 10.2. The minimum Gasteiger partial charge on any atom is -0.501 e. The molecule has 0 fully saturated rings. The third-order valence-corrected chi connectivity index (χ3v) is 3.64. The number of amides is 2. The molecule has 2 amide bonds. The molecule has 0 spiro atoms. The van der Waals surface area contributed by atoms with Gasteiger partial charge in [-0.25, -0.2) is 4.79 Å². The van der Waals surface area contributed by atoms with E-state index in [0.29, 0.717) is 0 Å². The largest absolute Gasteiger partial charge is 0.501 e. The van der Waals surface area contributed by atoms with Gasteiger partial charge in [0.15, 0.2) is 0 Å². The Hall–Kier alpha value is -2.80. The fraction of sp³-hybridized carbons (Fsp3) is 0.500. The third-order valence-electron chi connectivity index (χ3n) is 2.72. The second-order valence-electron chi connectivity index (χ2n) is 4.93. The summed E-state index contributed by atoms with van der Waals surface area (Å²) in [5.74, 6) is -6.35. The van der Waals surface area contributed by atoms with Crippen molar-refractivity contribution in [3.05, 3.63) is 11.2 Å². The average Bonchev–Trinajstić information content (AvgIpc) is 2.57. The lowest BCUT2D eigenvalue weighted by Crippen LogP contribution is -2.53. The number of ether oxygens (including phenoxy) is 1. The van der Waals surface area contributed by atoms with Gasteiger partial charge in [-0.05, 0) is 6.92 Å². The molecule has 2 unspecified atom stereocenters. The average molecular weight is 407 g/mol. The van der Waals surface area contributed by atoms with E-state index >= 15 is 0 Å². The molecule has 0 saturated carbocycles. The summed E-state index contributed by atoms with van der Waals surface area (Å²) in [5.41, 5.74) is 5.40. The number of hydrogen-bond donors (Lipinski definition) is 6. The van der Waals surface area contributed by atoms with Crippen LogP contribution in [-0.2, 0) is 28.7 Å². The van der Waals surface area contributed by atoms with Crippen molar-refractivity contribution in [2.75, 3.05) is 18.9 Å². The van der Waals surface area contributed by atoms with Crippen LogP contribution in [0.3, 0.4) is 0 Å². The molecule has 0 heterocycles. The predicted molar refractivity (Wildman–Crippen MR) is 92.6 cm³/mol. The van der Waals surface area contributed by atoms with Gasteiger partial charge in [-0.3, -0.25) is 19.2 Å². The number of carboxylic acids is 2. The molecule has 0 bridgehead atoms. The van der Waals surface area contributed by atoms with Crippen LogP contribution >= 0.6 is 11.8 Å². The first-order valence-electron chi connectivity index (χ1n) is 7.53. The summed E-state index contributed by atoms with van der Waals surface area (Å²) in [5, 5.41) is 31.9. The Balaban J connectivity index is 4.97. The highest BCUT2D eigenvalue weighted by Crippen LogP contribution is 2.09. The molecule has 0 aliphatic rings. The van der Waals surface area contributed by atoms with E-state index in [-0.39, 0.29) is 12.4 Å². The maximum Gasteiger partial charge on any atom is 0.373 e. The summed E-state index contributed by atoms with van der Waals surface area (Å²) in [6, 6.07) is -2.72. The van der Waals surface area contributed by atoms with Crippen molar-refractivity contribution in [3.8, 4) is 0 Å². The van der Waals surface area contributed by atoms with E-state index in [4.69, 9.17) is 15.9 Å². The summed E-state index contributed by atoms with van der Waals surface area (Å²) in [6.07, 6.45) is -0.675. The minimum absolute atomic E-state index is 0.0408. The molecule has 0 rings (SSSR count). The Kier molecular flexibility index (Phi) is 11.2. The fourth-order valence-electron chi connectivity index (χ4n) is 1.50. The Labute approximate surface area is 158 Å². The van der Waals surface area contributed by atoms with Gasteiger partial charge in [0, 0.05) is 11.2 Å². The topological polar surface area (TPSA) is 205 Å². The van der Waals surface area contributed by atoms with Gasteiger partial charge in [0.25, 0.3) is 0 Å². The first-order chi connectivity index (χ1) is 12.6. The van der Waals surface area contributed by atoms with E-state index in [1.54, 1.807) is 0 Å². The highest BCUT2D eigenvalue weighted by molar-refractivity contribution is 8.02. The number of nitrogens with two attached hydrogens (primary N) is 1. The number of esters is 1. The lowest BCUT2D eigenvalue weighted by molar-refractivity contribution is -0.141. The number of nitrogens with one attached hydrogen (secondary N) is 2. The van der Waals surface area contributed by atoms with Crippen LogP contribution in [-0.4, -0.2) is 76.0 Å². The van der Waals surface area contributed by atoms with Gasteiger partial charge in [0.2, 0.25) is 17.6 Å². The molecule has 0 radical (unpaired) electrons. The Bertz CT molecular complexity index is 609. The van der Waals surface area contributed by atoms with E-state index in [2.05, 4.69) is 10.1 Å². The van der Waals surface area contributed by atoms with Crippen LogP contribution in [0.2, 0.25) is 0 Å². The summed E-state index contributed by atoms with van der Waals surface area (Å²) < 4.78 is 4.55. The molecule has 0 aliphatic carbocycles.